The Balaban J connectivity index is 2.49. The van der Waals surface area contributed by atoms with Crippen LogP contribution in [0.3, 0.4) is 0 Å². The summed E-state index contributed by atoms with van der Waals surface area (Å²) >= 11 is 0. The molecule has 1 aliphatic rings. The summed E-state index contributed by atoms with van der Waals surface area (Å²) in [6, 6.07) is 0. The van der Waals surface area contributed by atoms with Crippen LogP contribution in [0.2, 0.25) is 0 Å². The number of unbranched alkanes of at least 4 members (excludes halogenated alkanes) is 6. The van der Waals surface area contributed by atoms with Gasteiger partial charge in [-0.15, -0.1) is 0 Å². The van der Waals surface area contributed by atoms with E-state index in [1.807, 2.05) is 0 Å². The Morgan fingerprint density at radius 1 is 0.893 bits per heavy atom. The molecule has 28 heavy (non-hydrogen) atoms. The zero-order valence-electron chi connectivity index (χ0n) is 18.7. The van der Waals surface area contributed by atoms with Crippen molar-refractivity contribution in [1.82, 2.24) is 0 Å². The van der Waals surface area contributed by atoms with Gasteiger partial charge in [0.2, 0.25) is 0 Å². The predicted octanol–water partition coefficient (Wildman–Crippen LogP) is 6.77. The fourth-order valence-corrected chi connectivity index (χ4v) is 5.13. The van der Waals surface area contributed by atoms with E-state index in [4.69, 9.17) is 0 Å². The predicted molar refractivity (Wildman–Crippen MR) is 114 cm³/mol. The molecule has 0 heterocycles. The topological polar surface area (TPSA) is 74.6 Å². The Labute approximate surface area is 172 Å². The van der Waals surface area contributed by atoms with Crippen LogP contribution in [0, 0.1) is 29.1 Å². The highest BCUT2D eigenvalue weighted by Gasteiger charge is 2.50. The average Bonchev–Trinajstić information content (AvgIpc) is 2.60. The Hall–Kier alpha value is -1.06. The molecule has 0 radical (unpaired) electrons. The fourth-order valence-electron chi connectivity index (χ4n) is 5.13. The Kier molecular flexibility index (Phi) is 11.1. The van der Waals surface area contributed by atoms with Gasteiger partial charge in [-0.1, -0.05) is 79.1 Å². The Bertz CT molecular complexity index is 471. The number of carboxylic acids is 2. The number of hydrogen-bond donors (Lipinski definition) is 2. The van der Waals surface area contributed by atoms with Crippen molar-refractivity contribution >= 4 is 11.9 Å². The molecule has 0 saturated heterocycles. The molecule has 0 bridgehead atoms. The molecule has 0 aromatic heterocycles. The minimum atomic E-state index is -0.755. The van der Waals surface area contributed by atoms with E-state index < -0.39 is 17.4 Å². The maximum atomic E-state index is 12.2. The summed E-state index contributed by atoms with van der Waals surface area (Å²) < 4.78 is 0. The molecule has 1 aliphatic carbocycles. The molecule has 0 spiro atoms. The van der Waals surface area contributed by atoms with Crippen LogP contribution in [-0.4, -0.2) is 22.2 Å². The van der Waals surface area contributed by atoms with Crippen LogP contribution in [0.15, 0.2) is 0 Å². The third-order valence-electron chi connectivity index (χ3n) is 6.67. The highest BCUT2D eigenvalue weighted by molar-refractivity contribution is 5.76. The van der Waals surface area contributed by atoms with E-state index in [2.05, 4.69) is 27.7 Å². The molecule has 4 heteroatoms. The standard InChI is InChI=1S/C24H44O4/c1-18(2)12-10-8-6-5-7-9-11-13-21-16-20(22(25)26)14-15-24(21,23(27)28)17-19(3)4/h18-21H,5-17H2,1-4H3,(H,25,26)(H,27,28). The lowest BCUT2D eigenvalue weighted by molar-refractivity contribution is -0.162. The molecule has 0 amide bonds. The molecular formula is C24H44O4. The molecule has 3 atom stereocenters. The van der Waals surface area contributed by atoms with Crippen LogP contribution in [0.1, 0.15) is 111 Å². The smallest absolute Gasteiger partial charge is 0.309 e. The molecule has 3 unspecified atom stereocenters. The van der Waals surface area contributed by atoms with Crippen molar-refractivity contribution in [1.29, 1.82) is 0 Å². The minimum Gasteiger partial charge on any atom is -0.481 e. The normalized spacial score (nSPS) is 25.4. The molecule has 0 aliphatic heterocycles. The monoisotopic (exact) mass is 396 g/mol. The quantitative estimate of drug-likeness (QED) is 0.318. The number of carbonyl (C=O) groups is 2. The molecule has 1 saturated carbocycles. The molecule has 164 valence electrons. The molecule has 0 aromatic carbocycles. The van der Waals surface area contributed by atoms with E-state index in [1.165, 1.54) is 38.5 Å². The minimum absolute atomic E-state index is 0.00621. The SMILES string of the molecule is CC(C)CCCCCCCCCC1CC(C(=O)O)CCC1(CC(C)C)C(=O)O. The van der Waals surface area contributed by atoms with Gasteiger partial charge in [-0.2, -0.15) is 0 Å². The van der Waals surface area contributed by atoms with Gasteiger partial charge >= 0.3 is 11.9 Å². The highest BCUT2D eigenvalue weighted by atomic mass is 16.4. The summed E-state index contributed by atoms with van der Waals surface area (Å²) in [4.78, 5) is 23.7. The molecule has 2 N–H and O–H groups in total. The van der Waals surface area contributed by atoms with Crippen LogP contribution in [0.25, 0.3) is 0 Å². The summed E-state index contributed by atoms with van der Waals surface area (Å²) in [5.41, 5.74) is -0.725. The largest absolute Gasteiger partial charge is 0.481 e. The van der Waals surface area contributed by atoms with E-state index in [9.17, 15) is 19.8 Å². The first-order chi connectivity index (χ1) is 13.2. The van der Waals surface area contributed by atoms with Crippen LogP contribution in [0.5, 0.6) is 0 Å². The van der Waals surface area contributed by atoms with Gasteiger partial charge in [0, 0.05) is 0 Å². The lowest BCUT2D eigenvalue weighted by atomic mass is 9.59. The van der Waals surface area contributed by atoms with Crippen molar-refractivity contribution in [3.63, 3.8) is 0 Å². The average molecular weight is 397 g/mol. The summed E-state index contributed by atoms with van der Waals surface area (Å²) in [6.45, 7) is 8.70. The molecule has 4 nitrogen and oxygen atoms in total. The lowest BCUT2D eigenvalue weighted by Crippen LogP contribution is -2.45. The van der Waals surface area contributed by atoms with Gasteiger partial charge in [-0.05, 0) is 49.9 Å². The second kappa shape index (κ2) is 12.5. The van der Waals surface area contributed by atoms with Crippen LogP contribution < -0.4 is 0 Å². The molecule has 1 fully saturated rings. The number of hydrogen-bond acceptors (Lipinski definition) is 2. The van der Waals surface area contributed by atoms with Crippen LogP contribution >= 0.6 is 0 Å². The van der Waals surface area contributed by atoms with Gasteiger partial charge in [0.15, 0.2) is 0 Å². The fraction of sp³-hybridized carbons (Fsp3) is 0.917. The summed E-state index contributed by atoms with van der Waals surface area (Å²) in [7, 11) is 0. The van der Waals surface area contributed by atoms with Gasteiger partial charge in [-0.25, -0.2) is 0 Å². The van der Waals surface area contributed by atoms with E-state index in [0.717, 1.165) is 25.2 Å². The third kappa shape index (κ3) is 8.13. The van der Waals surface area contributed by atoms with E-state index in [0.29, 0.717) is 31.6 Å². The number of carboxylic acid groups (broad SMARTS) is 2. The van der Waals surface area contributed by atoms with Gasteiger partial charge in [0.25, 0.3) is 0 Å². The number of aliphatic carboxylic acids is 2. The zero-order valence-corrected chi connectivity index (χ0v) is 18.7. The molecule has 0 aromatic rings. The maximum absolute atomic E-state index is 12.2. The Morgan fingerprint density at radius 3 is 1.96 bits per heavy atom. The van der Waals surface area contributed by atoms with Gasteiger partial charge in [0.1, 0.15) is 0 Å². The van der Waals surface area contributed by atoms with Crippen molar-refractivity contribution in [2.24, 2.45) is 29.1 Å². The summed E-state index contributed by atoms with van der Waals surface area (Å²) in [5, 5.41) is 19.5. The van der Waals surface area contributed by atoms with Crippen molar-refractivity contribution in [2.75, 3.05) is 0 Å². The van der Waals surface area contributed by atoms with Crippen LogP contribution in [-0.2, 0) is 9.59 Å². The first kappa shape index (κ1) is 25.0. The van der Waals surface area contributed by atoms with Crippen LogP contribution in [0.4, 0.5) is 0 Å². The summed E-state index contributed by atoms with van der Waals surface area (Å²) in [6.07, 6.45) is 12.9. The van der Waals surface area contributed by atoms with E-state index in [-0.39, 0.29) is 11.8 Å². The van der Waals surface area contributed by atoms with Gasteiger partial charge < -0.3 is 10.2 Å². The maximum Gasteiger partial charge on any atom is 0.309 e. The van der Waals surface area contributed by atoms with E-state index >= 15 is 0 Å². The second-order valence-electron chi connectivity index (χ2n) is 10.0. The third-order valence-corrected chi connectivity index (χ3v) is 6.67. The first-order valence-electron chi connectivity index (χ1n) is 11.6. The number of rotatable bonds is 14. The van der Waals surface area contributed by atoms with Crippen molar-refractivity contribution in [3.05, 3.63) is 0 Å². The van der Waals surface area contributed by atoms with Crippen molar-refractivity contribution < 1.29 is 19.8 Å². The molecule has 1 rings (SSSR count). The van der Waals surface area contributed by atoms with Crippen molar-refractivity contribution in [3.8, 4) is 0 Å². The Morgan fingerprint density at radius 2 is 1.46 bits per heavy atom. The van der Waals surface area contributed by atoms with E-state index in [1.54, 1.807) is 0 Å². The first-order valence-corrected chi connectivity index (χ1v) is 11.6. The second-order valence-corrected chi connectivity index (χ2v) is 10.0. The van der Waals surface area contributed by atoms with Gasteiger partial charge in [0.05, 0.1) is 11.3 Å². The highest BCUT2D eigenvalue weighted by Crippen LogP contribution is 2.50. The summed E-state index contributed by atoms with van der Waals surface area (Å²) in [5.74, 6) is -0.731. The van der Waals surface area contributed by atoms with Crippen molar-refractivity contribution in [2.45, 2.75) is 111 Å². The lowest BCUT2D eigenvalue weighted by Gasteiger charge is -2.44. The molecular weight excluding hydrogens is 352 g/mol. The van der Waals surface area contributed by atoms with Gasteiger partial charge in [-0.3, -0.25) is 9.59 Å². The zero-order chi connectivity index (χ0) is 21.2.